The van der Waals surface area contributed by atoms with E-state index in [0.29, 0.717) is 5.92 Å². The molecule has 1 heterocycles. The molecule has 1 fully saturated rings. The average Bonchev–Trinajstić information content (AvgIpc) is 2.38. The van der Waals surface area contributed by atoms with E-state index in [4.69, 9.17) is 5.73 Å². The molecule has 0 aromatic heterocycles. The Hall–Kier alpha value is -1.13. The van der Waals surface area contributed by atoms with E-state index >= 15 is 0 Å². The summed E-state index contributed by atoms with van der Waals surface area (Å²) in [5.74, 6) is 0.440. The molecule has 3 unspecified atom stereocenters. The van der Waals surface area contributed by atoms with Gasteiger partial charge in [0.2, 0.25) is 0 Å². The summed E-state index contributed by atoms with van der Waals surface area (Å²) in [7, 11) is 0. The van der Waals surface area contributed by atoms with Crippen LogP contribution in [0.4, 0.5) is 10.1 Å². The van der Waals surface area contributed by atoms with Gasteiger partial charge in [0, 0.05) is 24.8 Å². The third-order valence-electron chi connectivity index (χ3n) is 4.11. The Morgan fingerprint density at radius 3 is 2.55 bits per heavy atom. The van der Waals surface area contributed by atoms with Crippen molar-refractivity contribution in [2.45, 2.75) is 38.8 Å². The summed E-state index contributed by atoms with van der Waals surface area (Å²) < 4.78 is 13.0. The van der Waals surface area contributed by atoms with Gasteiger partial charge in [-0.25, -0.2) is 4.39 Å². The Balaban J connectivity index is 2.02. The molecule has 0 amide bonds. The van der Waals surface area contributed by atoms with Gasteiger partial charge < -0.3 is 15.7 Å². The summed E-state index contributed by atoms with van der Waals surface area (Å²) in [6.45, 7) is 5.74. The van der Waals surface area contributed by atoms with Gasteiger partial charge in [-0.3, -0.25) is 0 Å². The lowest BCUT2D eigenvalue weighted by molar-refractivity contribution is 0.0922. The molecule has 1 aliphatic rings. The maximum absolute atomic E-state index is 13.0. The molecule has 0 saturated carbocycles. The molecule has 3 N–H and O–H groups in total. The molecule has 20 heavy (non-hydrogen) atoms. The van der Waals surface area contributed by atoms with E-state index in [1.807, 2.05) is 13.8 Å². The quantitative estimate of drug-likeness (QED) is 0.890. The monoisotopic (exact) mass is 280 g/mol. The average molecular weight is 280 g/mol. The normalized spacial score (nSPS) is 25.0. The first-order valence-electron chi connectivity index (χ1n) is 7.40. The van der Waals surface area contributed by atoms with Crippen LogP contribution in [0.5, 0.6) is 0 Å². The third kappa shape index (κ3) is 3.93. The molecule has 3 atom stereocenters. The molecular weight excluding hydrogens is 255 g/mol. The number of piperidine rings is 1. The predicted octanol–water partition coefficient (Wildman–Crippen LogP) is 2.39. The third-order valence-corrected chi connectivity index (χ3v) is 4.11. The van der Waals surface area contributed by atoms with Crippen LogP contribution < -0.4 is 10.6 Å². The summed E-state index contributed by atoms with van der Waals surface area (Å²) in [5, 5.41) is 10.0. The van der Waals surface area contributed by atoms with Gasteiger partial charge in [0.15, 0.2) is 0 Å². The summed E-state index contributed by atoms with van der Waals surface area (Å²) in [5.41, 5.74) is 7.14. The lowest BCUT2D eigenvalue weighted by Crippen LogP contribution is -2.48. The van der Waals surface area contributed by atoms with Crippen LogP contribution in [0, 0.1) is 17.7 Å². The maximum Gasteiger partial charge on any atom is 0.123 e. The maximum atomic E-state index is 13.0. The summed E-state index contributed by atoms with van der Waals surface area (Å²) in [6, 6.07) is 6.66. The van der Waals surface area contributed by atoms with Gasteiger partial charge >= 0.3 is 0 Å². The SMILES string of the molecule is CC(C)C(O)CC1CC(N)CN(c2ccc(F)cc2)C1. The van der Waals surface area contributed by atoms with Crippen molar-refractivity contribution in [1.82, 2.24) is 0 Å². The number of aliphatic hydroxyl groups excluding tert-OH is 1. The van der Waals surface area contributed by atoms with Gasteiger partial charge in [0.05, 0.1) is 6.10 Å². The van der Waals surface area contributed by atoms with Crippen molar-refractivity contribution in [2.75, 3.05) is 18.0 Å². The minimum atomic E-state index is -0.277. The number of aliphatic hydroxyl groups is 1. The fourth-order valence-corrected chi connectivity index (χ4v) is 2.89. The van der Waals surface area contributed by atoms with E-state index in [2.05, 4.69) is 4.90 Å². The van der Waals surface area contributed by atoms with Gasteiger partial charge in [0.25, 0.3) is 0 Å². The number of benzene rings is 1. The van der Waals surface area contributed by atoms with Crippen molar-refractivity contribution >= 4 is 5.69 Å². The Kier molecular flexibility index (Phi) is 5.00. The van der Waals surface area contributed by atoms with Crippen LogP contribution in [0.3, 0.4) is 0 Å². The summed E-state index contributed by atoms with van der Waals surface area (Å²) in [6.07, 6.45) is 1.45. The second-order valence-electron chi connectivity index (χ2n) is 6.29. The fraction of sp³-hybridized carbons (Fsp3) is 0.625. The van der Waals surface area contributed by atoms with Gasteiger partial charge in [-0.1, -0.05) is 13.8 Å². The Bertz CT molecular complexity index is 421. The number of hydrogen-bond donors (Lipinski definition) is 2. The number of halogens is 1. The van der Waals surface area contributed by atoms with Crippen LogP contribution in [0.1, 0.15) is 26.7 Å². The largest absolute Gasteiger partial charge is 0.393 e. The Morgan fingerprint density at radius 2 is 1.95 bits per heavy atom. The van der Waals surface area contributed by atoms with Crippen LogP contribution in [0.15, 0.2) is 24.3 Å². The molecule has 0 radical (unpaired) electrons. The van der Waals surface area contributed by atoms with E-state index in [0.717, 1.165) is 31.6 Å². The van der Waals surface area contributed by atoms with Crippen molar-refractivity contribution in [3.8, 4) is 0 Å². The van der Waals surface area contributed by atoms with Crippen molar-refractivity contribution in [1.29, 1.82) is 0 Å². The minimum Gasteiger partial charge on any atom is -0.393 e. The lowest BCUT2D eigenvalue weighted by Gasteiger charge is -2.39. The molecule has 4 heteroatoms. The molecular formula is C16H25FN2O. The topological polar surface area (TPSA) is 49.5 Å². The van der Waals surface area contributed by atoms with Crippen LogP contribution >= 0.6 is 0 Å². The molecule has 1 aromatic carbocycles. The van der Waals surface area contributed by atoms with Crippen LogP contribution in [0.2, 0.25) is 0 Å². The van der Waals surface area contributed by atoms with Crippen LogP contribution in [0.25, 0.3) is 0 Å². The first-order chi connectivity index (χ1) is 9.45. The highest BCUT2D eigenvalue weighted by Crippen LogP contribution is 2.26. The smallest absolute Gasteiger partial charge is 0.123 e. The predicted molar refractivity (Wildman–Crippen MR) is 80.2 cm³/mol. The molecule has 0 bridgehead atoms. The summed E-state index contributed by atoms with van der Waals surface area (Å²) >= 11 is 0. The second kappa shape index (κ2) is 6.55. The highest BCUT2D eigenvalue weighted by molar-refractivity contribution is 5.47. The molecule has 3 nitrogen and oxygen atoms in total. The number of anilines is 1. The van der Waals surface area contributed by atoms with Crippen LogP contribution in [-0.4, -0.2) is 30.3 Å². The highest BCUT2D eigenvalue weighted by Gasteiger charge is 2.27. The molecule has 0 aliphatic carbocycles. The summed E-state index contributed by atoms with van der Waals surface area (Å²) in [4.78, 5) is 2.20. The fourth-order valence-electron chi connectivity index (χ4n) is 2.89. The van der Waals surface area contributed by atoms with Gasteiger partial charge in [-0.15, -0.1) is 0 Å². The number of hydrogen-bond acceptors (Lipinski definition) is 3. The first kappa shape index (κ1) is 15.3. The Labute approximate surface area is 120 Å². The standard InChI is InChI=1S/C16H25FN2O/c1-11(2)16(20)8-12-7-14(18)10-19(9-12)15-5-3-13(17)4-6-15/h3-6,11-12,14,16,20H,7-10,18H2,1-2H3. The molecule has 1 aromatic rings. The minimum absolute atomic E-state index is 0.109. The Morgan fingerprint density at radius 1 is 1.30 bits per heavy atom. The second-order valence-corrected chi connectivity index (χ2v) is 6.29. The van der Waals surface area contributed by atoms with Gasteiger partial charge in [-0.05, 0) is 48.9 Å². The van der Waals surface area contributed by atoms with Crippen molar-refractivity contribution in [2.24, 2.45) is 17.6 Å². The van der Waals surface area contributed by atoms with Crippen molar-refractivity contribution < 1.29 is 9.50 Å². The molecule has 2 rings (SSSR count). The van der Waals surface area contributed by atoms with Crippen molar-refractivity contribution in [3.63, 3.8) is 0 Å². The van der Waals surface area contributed by atoms with Crippen molar-refractivity contribution in [3.05, 3.63) is 30.1 Å². The van der Waals surface area contributed by atoms with E-state index in [-0.39, 0.29) is 23.9 Å². The van der Waals surface area contributed by atoms with Crippen LogP contribution in [-0.2, 0) is 0 Å². The zero-order valence-corrected chi connectivity index (χ0v) is 12.3. The number of nitrogens with two attached hydrogens (primary N) is 1. The zero-order valence-electron chi connectivity index (χ0n) is 12.3. The number of nitrogens with zero attached hydrogens (tertiary/aromatic N) is 1. The van der Waals surface area contributed by atoms with Gasteiger partial charge in [0.1, 0.15) is 5.82 Å². The zero-order chi connectivity index (χ0) is 14.7. The molecule has 0 spiro atoms. The van der Waals surface area contributed by atoms with E-state index in [9.17, 15) is 9.50 Å². The highest BCUT2D eigenvalue weighted by atomic mass is 19.1. The molecule has 1 aliphatic heterocycles. The van der Waals surface area contributed by atoms with E-state index in [1.165, 1.54) is 12.1 Å². The first-order valence-corrected chi connectivity index (χ1v) is 7.40. The van der Waals surface area contributed by atoms with E-state index in [1.54, 1.807) is 12.1 Å². The van der Waals surface area contributed by atoms with Gasteiger partial charge in [-0.2, -0.15) is 0 Å². The number of rotatable bonds is 4. The lowest BCUT2D eigenvalue weighted by atomic mass is 9.87. The molecule has 112 valence electrons. The van der Waals surface area contributed by atoms with E-state index < -0.39 is 0 Å². The molecule has 1 saturated heterocycles.